The summed E-state index contributed by atoms with van der Waals surface area (Å²) in [6.07, 6.45) is 1.69. The van der Waals surface area contributed by atoms with Crippen LogP contribution in [0.4, 0.5) is 0 Å². The van der Waals surface area contributed by atoms with Crippen molar-refractivity contribution in [1.82, 2.24) is 4.37 Å². The summed E-state index contributed by atoms with van der Waals surface area (Å²) in [5.41, 5.74) is 2.18. The van der Waals surface area contributed by atoms with E-state index in [0.717, 1.165) is 16.0 Å². The first-order valence-electron chi connectivity index (χ1n) is 8.50. The number of nitrogens with zero attached hydrogens (tertiary/aromatic N) is 1. The van der Waals surface area contributed by atoms with Gasteiger partial charge in [0, 0.05) is 11.8 Å². The second-order valence-corrected chi connectivity index (χ2v) is 7.90. The molecule has 160 valence electrons. The molecule has 1 aromatic heterocycles. The molecule has 0 aliphatic rings. The Bertz CT molecular complexity index is 1070. The van der Waals surface area contributed by atoms with Crippen LogP contribution in [0, 0.1) is 0 Å². The number of rotatable bonds is 8. The predicted molar refractivity (Wildman–Crippen MR) is 112 cm³/mol. The van der Waals surface area contributed by atoms with Gasteiger partial charge in [-0.15, -0.1) is 0 Å². The summed E-state index contributed by atoms with van der Waals surface area (Å²) in [5.74, 6) is 1.57. The Morgan fingerprint density at radius 2 is 1.43 bits per heavy atom. The Morgan fingerprint density at radius 3 is 1.97 bits per heavy atom. The van der Waals surface area contributed by atoms with Crippen LogP contribution in [-0.2, 0) is 4.57 Å². The van der Waals surface area contributed by atoms with Crippen LogP contribution in [0.5, 0.6) is 28.7 Å². The number of hydrogen-bond acceptors (Lipinski definition) is 8. The van der Waals surface area contributed by atoms with Gasteiger partial charge in [0.1, 0.15) is 0 Å². The maximum absolute atomic E-state index is 11.3. The molecule has 0 fully saturated rings. The van der Waals surface area contributed by atoms with Crippen molar-refractivity contribution in [1.29, 1.82) is 0 Å². The van der Waals surface area contributed by atoms with Gasteiger partial charge in [0.25, 0.3) is 0 Å². The van der Waals surface area contributed by atoms with E-state index in [-0.39, 0.29) is 11.5 Å². The van der Waals surface area contributed by atoms with Gasteiger partial charge in [-0.1, -0.05) is 0 Å². The lowest BCUT2D eigenvalue weighted by Gasteiger charge is -2.15. The highest BCUT2D eigenvalue weighted by molar-refractivity contribution is 7.46. The molecular weight excluding hydrogens is 433 g/mol. The number of aromatic nitrogens is 1. The van der Waals surface area contributed by atoms with Crippen molar-refractivity contribution in [3.8, 4) is 50.3 Å². The van der Waals surface area contributed by atoms with E-state index in [4.69, 9.17) is 23.5 Å². The maximum atomic E-state index is 11.3. The van der Waals surface area contributed by atoms with Crippen molar-refractivity contribution in [2.45, 2.75) is 0 Å². The Labute approximate surface area is 177 Å². The number of benzene rings is 2. The summed E-state index contributed by atoms with van der Waals surface area (Å²) in [7, 11) is 1.21. The van der Waals surface area contributed by atoms with Gasteiger partial charge in [0.2, 0.25) is 5.75 Å². The molecule has 0 amide bonds. The SMILES string of the molecule is COc1ccc(-c2sncc2-c2cc(OC)c(OC)c(OC)c2)cc1OP(=O)(O)O. The fourth-order valence-electron chi connectivity index (χ4n) is 2.91. The quantitative estimate of drug-likeness (QED) is 0.489. The molecule has 0 atom stereocenters. The number of methoxy groups -OCH3 is 4. The van der Waals surface area contributed by atoms with Crippen molar-refractivity contribution >= 4 is 19.4 Å². The molecule has 0 saturated carbocycles. The summed E-state index contributed by atoms with van der Waals surface area (Å²) in [6.45, 7) is 0. The maximum Gasteiger partial charge on any atom is 0.524 e. The molecule has 0 aliphatic carbocycles. The first-order chi connectivity index (χ1) is 14.3. The largest absolute Gasteiger partial charge is 0.524 e. The van der Waals surface area contributed by atoms with Crippen LogP contribution in [0.2, 0.25) is 0 Å². The fraction of sp³-hybridized carbons (Fsp3) is 0.211. The fourth-order valence-corrected chi connectivity index (χ4v) is 4.07. The topological polar surface area (TPSA) is 117 Å². The number of phosphoric ester groups is 1. The molecule has 30 heavy (non-hydrogen) atoms. The third-order valence-corrected chi connectivity index (χ3v) is 5.47. The minimum Gasteiger partial charge on any atom is -0.493 e. The molecule has 0 unspecified atom stereocenters. The lowest BCUT2D eigenvalue weighted by Crippen LogP contribution is -1.96. The average Bonchev–Trinajstić information content (AvgIpc) is 3.21. The van der Waals surface area contributed by atoms with E-state index in [0.29, 0.717) is 22.8 Å². The molecule has 3 aromatic rings. The Morgan fingerprint density at radius 1 is 0.833 bits per heavy atom. The summed E-state index contributed by atoms with van der Waals surface area (Å²) >= 11 is 1.22. The second kappa shape index (κ2) is 8.93. The molecule has 11 heteroatoms. The van der Waals surface area contributed by atoms with Crippen LogP contribution in [0.1, 0.15) is 0 Å². The third kappa shape index (κ3) is 4.52. The van der Waals surface area contributed by atoms with Crippen LogP contribution >= 0.6 is 19.4 Å². The summed E-state index contributed by atoms with van der Waals surface area (Å²) in [5, 5.41) is 0. The van der Waals surface area contributed by atoms with Crippen LogP contribution in [0.25, 0.3) is 21.6 Å². The van der Waals surface area contributed by atoms with Crippen molar-refractivity contribution in [2.75, 3.05) is 28.4 Å². The van der Waals surface area contributed by atoms with E-state index in [1.807, 2.05) is 0 Å². The molecule has 0 aliphatic heterocycles. The minimum absolute atomic E-state index is 0.0763. The Kier molecular flexibility index (Phi) is 6.52. The van der Waals surface area contributed by atoms with Crippen molar-refractivity contribution in [3.05, 3.63) is 36.5 Å². The average molecular weight is 453 g/mol. The molecule has 0 spiro atoms. The van der Waals surface area contributed by atoms with Crippen LogP contribution in [-0.4, -0.2) is 42.6 Å². The van der Waals surface area contributed by atoms with Gasteiger partial charge in [-0.2, -0.15) is 4.37 Å². The van der Waals surface area contributed by atoms with Crippen molar-refractivity contribution in [2.24, 2.45) is 0 Å². The van der Waals surface area contributed by atoms with Crippen LogP contribution < -0.4 is 23.5 Å². The lowest BCUT2D eigenvalue weighted by atomic mass is 10.0. The molecule has 1 heterocycles. The smallest absolute Gasteiger partial charge is 0.493 e. The zero-order valence-electron chi connectivity index (χ0n) is 16.6. The molecule has 2 aromatic carbocycles. The van der Waals surface area contributed by atoms with Gasteiger partial charge in [-0.25, -0.2) is 4.57 Å². The number of phosphoric acid groups is 1. The van der Waals surface area contributed by atoms with Gasteiger partial charge >= 0.3 is 7.82 Å². The van der Waals surface area contributed by atoms with E-state index >= 15 is 0 Å². The van der Waals surface area contributed by atoms with E-state index in [9.17, 15) is 14.4 Å². The highest BCUT2D eigenvalue weighted by Crippen LogP contribution is 2.47. The molecule has 0 saturated heterocycles. The molecule has 3 rings (SSSR count). The number of ether oxygens (including phenoxy) is 4. The highest BCUT2D eigenvalue weighted by atomic mass is 32.1. The minimum atomic E-state index is -4.76. The van der Waals surface area contributed by atoms with E-state index in [1.165, 1.54) is 46.0 Å². The standard InChI is InChI=1S/C19H20NO8PS/c1-24-14-6-5-11(7-15(14)28-29(21,22)23)19-13(10-20-30-19)12-8-16(25-2)18(27-4)17(9-12)26-3/h5-10H,1-4H3,(H2,21,22,23). The monoisotopic (exact) mass is 453 g/mol. The zero-order chi connectivity index (χ0) is 21.9. The predicted octanol–water partition coefficient (Wildman–Crippen LogP) is 3.98. The summed E-state index contributed by atoms with van der Waals surface area (Å²) < 4.78 is 41.7. The number of hydrogen-bond donors (Lipinski definition) is 2. The molecule has 2 N–H and O–H groups in total. The van der Waals surface area contributed by atoms with Gasteiger partial charge in [0.05, 0.1) is 33.3 Å². The second-order valence-electron chi connectivity index (χ2n) is 5.93. The van der Waals surface area contributed by atoms with Crippen molar-refractivity contribution < 1.29 is 37.8 Å². The van der Waals surface area contributed by atoms with Gasteiger partial charge in [-0.05, 0) is 53.0 Å². The van der Waals surface area contributed by atoms with E-state index in [1.54, 1.807) is 30.5 Å². The molecular formula is C19H20NO8PS. The zero-order valence-corrected chi connectivity index (χ0v) is 18.3. The normalized spacial score (nSPS) is 11.1. The first-order valence-corrected chi connectivity index (χ1v) is 10.8. The van der Waals surface area contributed by atoms with Gasteiger partial charge in [0.15, 0.2) is 23.0 Å². The molecule has 0 radical (unpaired) electrons. The van der Waals surface area contributed by atoms with Gasteiger partial charge in [-0.3, -0.25) is 9.79 Å². The van der Waals surface area contributed by atoms with E-state index in [2.05, 4.69) is 4.37 Å². The lowest BCUT2D eigenvalue weighted by molar-refractivity contribution is 0.276. The Balaban J connectivity index is 2.13. The van der Waals surface area contributed by atoms with Gasteiger partial charge < -0.3 is 23.5 Å². The third-order valence-electron chi connectivity index (χ3n) is 4.19. The Hall–Kier alpha value is -2.78. The molecule has 0 bridgehead atoms. The van der Waals surface area contributed by atoms with Crippen LogP contribution in [0.3, 0.4) is 0 Å². The van der Waals surface area contributed by atoms with Crippen LogP contribution in [0.15, 0.2) is 36.5 Å². The molecule has 9 nitrogen and oxygen atoms in total. The first kappa shape index (κ1) is 21.9. The van der Waals surface area contributed by atoms with Crippen molar-refractivity contribution in [3.63, 3.8) is 0 Å². The summed E-state index contributed by atoms with van der Waals surface area (Å²) in [6, 6.07) is 8.41. The van der Waals surface area contributed by atoms with E-state index < -0.39 is 7.82 Å². The summed E-state index contributed by atoms with van der Waals surface area (Å²) in [4.78, 5) is 19.1. The highest BCUT2D eigenvalue weighted by Gasteiger charge is 2.22.